The molecule has 1 heterocycles. The van der Waals surface area contributed by atoms with Crippen LogP contribution in [0.3, 0.4) is 0 Å². The van der Waals surface area contributed by atoms with E-state index in [0.29, 0.717) is 13.1 Å². The highest BCUT2D eigenvalue weighted by Gasteiger charge is 2.02. The molecule has 0 atom stereocenters. The minimum Gasteiger partial charge on any atom is -0.352 e. The number of halogens is 2. The summed E-state index contributed by atoms with van der Waals surface area (Å²) in [6, 6.07) is 17.9. The number of nitrogens with zero attached hydrogens (tertiary/aromatic N) is 3. The Hall–Kier alpha value is -2.06. The third-order valence-corrected chi connectivity index (χ3v) is 3.99. The van der Waals surface area contributed by atoms with Crippen molar-refractivity contribution >= 4 is 41.5 Å². The van der Waals surface area contributed by atoms with E-state index in [-0.39, 0.29) is 24.0 Å². The van der Waals surface area contributed by atoms with E-state index in [2.05, 4.69) is 32.9 Å². The molecule has 136 valence electrons. The van der Waals surface area contributed by atoms with Gasteiger partial charge in [0.15, 0.2) is 5.96 Å². The van der Waals surface area contributed by atoms with Gasteiger partial charge < -0.3 is 10.6 Å². The third kappa shape index (κ3) is 5.74. The molecule has 3 rings (SSSR count). The average molecular weight is 482 g/mol. The smallest absolute Gasteiger partial charge is 0.191 e. The van der Waals surface area contributed by atoms with Crippen molar-refractivity contribution in [3.8, 4) is 5.69 Å². The van der Waals surface area contributed by atoms with Gasteiger partial charge in [0.1, 0.15) is 0 Å². The van der Waals surface area contributed by atoms with Crippen LogP contribution in [0.2, 0.25) is 5.02 Å². The minimum absolute atomic E-state index is 0. The summed E-state index contributed by atoms with van der Waals surface area (Å²) in [6.45, 7) is 1.36. The molecule has 2 aromatic carbocycles. The number of hydrogen-bond acceptors (Lipinski definition) is 2. The van der Waals surface area contributed by atoms with Crippen molar-refractivity contribution in [1.82, 2.24) is 20.4 Å². The van der Waals surface area contributed by atoms with Crippen LogP contribution >= 0.6 is 35.6 Å². The first-order valence-corrected chi connectivity index (χ1v) is 8.40. The lowest BCUT2D eigenvalue weighted by atomic mass is 10.2. The average Bonchev–Trinajstić information content (AvgIpc) is 3.18. The second kappa shape index (κ2) is 10.2. The van der Waals surface area contributed by atoms with Crippen molar-refractivity contribution in [3.63, 3.8) is 0 Å². The van der Waals surface area contributed by atoms with Gasteiger partial charge in [-0.25, -0.2) is 4.68 Å². The van der Waals surface area contributed by atoms with Crippen molar-refractivity contribution in [2.75, 3.05) is 7.05 Å². The van der Waals surface area contributed by atoms with E-state index < -0.39 is 0 Å². The highest BCUT2D eigenvalue weighted by atomic mass is 127. The maximum absolute atomic E-state index is 5.91. The van der Waals surface area contributed by atoms with Gasteiger partial charge in [-0.1, -0.05) is 35.9 Å². The van der Waals surface area contributed by atoms with Gasteiger partial charge >= 0.3 is 0 Å². The lowest BCUT2D eigenvalue weighted by Crippen LogP contribution is -2.36. The van der Waals surface area contributed by atoms with Crippen molar-refractivity contribution < 1.29 is 0 Å². The van der Waals surface area contributed by atoms with Crippen LogP contribution in [0.1, 0.15) is 11.1 Å². The topological polar surface area (TPSA) is 54.2 Å². The molecule has 0 aliphatic carbocycles. The molecule has 2 N–H and O–H groups in total. The van der Waals surface area contributed by atoms with Gasteiger partial charge in [0.2, 0.25) is 0 Å². The Morgan fingerprint density at radius 3 is 2.42 bits per heavy atom. The van der Waals surface area contributed by atoms with E-state index in [1.807, 2.05) is 53.3 Å². The lowest BCUT2D eigenvalue weighted by Gasteiger charge is -2.13. The molecule has 5 nitrogen and oxygen atoms in total. The second-order valence-corrected chi connectivity index (χ2v) is 5.96. The van der Waals surface area contributed by atoms with E-state index in [1.54, 1.807) is 13.2 Å². The molecule has 0 radical (unpaired) electrons. The monoisotopic (exact) mass is 481 g/mol. The summed E-state index contributed by atoms with van der Waals surface area (Å²) in [7, 11) is 1.76. The van der Waals surface area contributed by atoms with Crippen LogP contribution in [0.15, 0.2) is 72.0 Å². The number of hydrogen-bond donors (Lipinski definition) is 2. The minimum atomic E-state index is 0. The van der Waals surface area contributed by atoms with Gasteiger partial charge in [-0.05, 0) is 41.5 Å². The lowest BCUT2D eigenvalue weighted by molar-refractivity contribution is 0.806. The number of rotatable bonds is 5. The first-order valence-electron chi connectivity index (χ1n) is 8.02. The molecule has 1 aromatic heterocycles. The normalized spacial score (nSPS) is 10.9. The van der Waals surface area contributed by atoms with E-state index >= 15 is 0 Å². The molecule has 0 spiro atoms. The Morgan fingerprint density at radius 2 is 1.77 bits per heavy atom. The standard InChI is InChI=1S/C19H20ClN5.HI/c1-21-19(22-13-15-6-8-17(20)9-7-15)23-14-16-4-2-5-18(12-16)25-11-3-10-24-25;/h2-12H,13-14H2,1H3,(H2,21,22,23);1H. The molecule has 0 saturated carbocycles. The van der Waals surface area contributed by atoms with Crippen molar-refractivity contribution in [1.29, 1.82) is 0 Å². The second-order valence-electron chi connectivity index (χ2n) is 5.53. The Kier molecular flexibility index (Phi) is 7.93. The van der Waals surface area contributed by atoms with Crippen LogP contribution in [0.4, 0.5) is 0 Å². The summed E-state index contributed by atoms with van der Waals surface area (Å²) in [5, 5.41) is 11.6. The fourth-order valence-corrected chi connectivity index (χ4v) is 2.55. The fourth-order valence-electron chi connectivity index (χ4n) is 2.42. The predicted octanol–water partition coefficient (Wildman–Crippen LogP) is 4.01. The van der Waals surface area contributed by atoms with E-state index in [4.69, 9.17) is 11.6 Å². The number of aromatic nitrogens is 2. The van der Waals surface area contributed by atoms with Crippen LogP contribution in [0.25, 0.3) is 5.69 Å². The number of aliphatic imine (C=N–C) groups is 1. The van der Waals surface area contributed by atoms with E-state index in [0.717, 1.165) is 27.8 Å². The summed E-state index contributed by atoms with van der Waals surface area (Å²) < 4.78 is 1.84. The summed E-state index contributed by atoms with van der Waals surface area (Å²) in [6.07, 6.45) is 3.70. The van der Waals surface area contributed by atoms with Gasteiger partial charge in [0.05, 0.1) is 5.69 Å². The molecule has 0 amide bonds. The molecule has 0 aliphatic heterocycles. The molecule has 7 heteroatoms. The maximum Gasteiger partial charge on any atom is 0.191 e. The Labute approximate surface area is 175 Å². The van der Waals surface area contributed by atoms with Crippen LogP contribution in [-0.4, -0.2) is 22.8 Å². The van der Waals surface area contributed by atoms with Crippen LogP contribution in [-0.2, 0) is 13.1 Å². The van der Waals surface area contributed by atoms with E-state index in [9.17, 15) is 0 Å². The fraction of sp³-hybridized carbons (Fsp3) is 0.158. The molecule has 3 aromatic rings. The zero-order chi connectivity index (χ0) is 17.5. The van der Waals surface area contributed by atoms with Gasteiger partial charge in [-0.2, -0.15) is 5.10 Å². The number of benzene rings is 2. The number of nitrogens with one attached hydrogen (secondary N) is 2. The zero-order valence-electron chi connectivity index (χ0n) is 14.4. The van der Waals surface area contributed by atoms with Crippen molar-refractivity contribution in [2.24, 2.45) is 4.99 Å². The first-order chi connectivity index (χ1) is 12.2. The summed E-state index contributed by atoms with van der Waals surface area (Å²) in [4.78, 5) is 4.26. The summed E-state index contributed by atoms with van der Waals surface area (Å²) >= 11 is 5.91. The quantitative estimate of drug-likeness (QED) is 0.329. The highest BCUT2D eigenvalue weighted by molar-refractivity contribution is 14.0. The first kappa shape index (κ1) is 20.3. The molecule has 0 unspecified atom stereocenters. The van der Waals surface area contributed by atoms with Gasteiger partial charge in [-0.3, -0.25) is 4.99 Å². The SMILES string of the molecule is CN=C(NCc1ccc(Cl)cc1)NCc1cccc(-n2cccn2)c1.I. The molecule has 26 heavy (non-hydrogen) atoms. The van der Waals surface area contributed by atoms with Crippen molar-refractivity contribution in [3.05, 3.63) is 83.1 Å². The number of guanidine groups is 1. The van der Waals surface area contributed by atoms with Gasteiger partial charge in [-0.15, -0.1) is 24.0 Å². The van der Waals surface area contributed by atoms with Gasteiger partial charge in [0.25, 0.3) is 0 Å². The van der Waals surface area contributed by atoms with Gasteiger partial charge in [0, 0.05) is 37.6 Å². The third-order valence-electron chi connectivity index (χ3n) is 3.74. The molecule has 0 saturated heterocycles. The van der Waals surface area contributed by atoms with Crippen LogP contribution in [0, 0.1) is 0 Å². The Morgan fingerprint density at radius 1 is 1.04 bits per heavy atom. The van der Waals surface area contributed by atoms with Crippen molar-refractivity contribution in [2.45, 2.75) is 13.1 Å². The maximum atomic E-state index is 5.91. The molecular weight excluding hydrogens is 461 g/mol. The molecule has 0 aliphatic rings. The predicted molar refractivity (Wildman–Crippen MR) is 117 cm³/mol. The zero-order valence-corrected chi connectivity index (χ0v) is 17.5. The highest BCUT2D eigenvalue weighted by Crippen LogP contribution is 2.10. The molecule has 0 bridgehead atoms. The van der Waals surface area contributed by atoms with Crippen LogP contribution < -0.4 is 10.6 Å². The molecule has 0 fully saturated rings. The van der Waals surface area contributed by atoms with Crippen LogP contribution in [0.5, 0.6) is 0 Å². The summed E-state index contributed by atoms with van der Waals surface area (Å²) in [5.41, 5.74) is 3.34. The molecular formula is C19H21ClIN5. The summed E-state index contributed by atoms with van der Waals surface area (Å²) in [5.74, 6) is 0.749. The Bertz CT molecular complexity index is 831. The van der Waals surface area contributed by atoms with E-state index in [1.165, 1.54) is 0 Å². The largest absolute Gasteiger partial charge is 0.352 e. The Balaban J connectivity index is 0.00000243.